The van der Waals surface area contributed by atoms with Crippen LogP contribution in [0.3, 0.4) is 0 Å². The fourth-order valence-corrected chi connectivity index (χ4v) is 5.15. The van der Waals surface area contributed by atoms with E-state index in [4.69, 9.17) is 4.74 Å². The van der Waals surface area contributed by atoms with Gasteiger partial charge in [-0.3, -0.25) is 0 Å². The SMILES string of the molecule is COCN1c2ccccc2C(=C2c3ccccc3N(C)c3ccccc32)c2ccccc21. The van der Waals surface area contributed by atoms with Crippen LogP contribution in [-0.2, 0) is 4.74 Å². The standard InChI is InChI=1S/C29H24N2O/c1-30-24-15-7-3-11-20(24)28(21-12-4-8-16-25(21)30)29-22-13-5-9-17-26(22)31(19-32-2)27-18-10-6-14-23(27)29/h3-18H,19H2,1-2H3. The summed E-state index contributed by atoms with van der Waals surface area (Å²) in [5.41, 5.74) is 12.3. The van der Waals surface area contributed by atoms with Crippen molar-refractivity contribution in [3.8, 4) is 0 Å². The Kier molecular flexibility index (Phi) is 4.37. The zero-order chi connectivity index (χ0) is 21.7. The van der Waals surface area contributed by atoms with Gasteiger partial charge in [0.15, 0.2) is 0 Å². The molecule has 0 amide bonds. The van der Waals surface area contributed by atoms with Crippen LogP contribution in [0.5, 0.6) is 0 Å². The molecule has 156 valence electrons. The molecule has 0 bridgehead atoms. The van der Waals surface area contributed by atoms with Gasteiger partial charge in [-0.2, -0.15) is 0 Å². The van der Waals surface area contributed by atoms with Crippen LogP contribution in [0, 0.1) is 0 Å². The van der Waals surface area contributed by atoms with Crippen LogP contribution in [0.2, 0.25) is 0 Å². The zero-order valence-corrected chi connectivity index (χ0v) is 18.2. The van der Waals surface area contributed by atoms with Gasteiger partial charge in [0, 0.05) is 58.9 Å². The highest BCUT2D eigenvalue weighted by Gasteiger charge is 2.32. The molecule has 0 aliphatic carbocycles. The van der Waals surface area contributed by atoms with E-state index < -0.39 is 0 Å². The Morgan fingerprint density at radius 3 is 1.28 bits per heavy atom. The summed E-state index contributed by atoms with van der Waals surface area (Å²) in [4.78, 5) is 4.56. The highest BCUT2D eigenvalue weighted by molar-refractivity contribution is 6.15. The fraction of sp³-hybridized carbons (Fsp3) is 0.103. The molecular formula is C29H24N2O. The van der Waals surface area contributed by atoms with Crippen molar-refractivity contribution in [3.63, 3.8) is 0 Å². The lowest BCUT2D eigenvalue weighted by molar-refractivity contribution is 0.206. The molecule has 0 saturated carbocycles. The minimum absolute atomic E-state index is 0.506. The van der Waals surface area contributed by atoms with Gasteiger partial charge < -0.3 is 14.5 Å². The van der Waals surface area contributed by atoms with E-state index >= 15 is 0 Å². The minimum atomic E-state index is 0.506. The number of fused-ring (bicyclic) bond motifs is 4. The summed E-state index contributed by atoms with van der Waals surface area (Å²) in [6.07, 6.45) is 0. The van der Waals surface area contributed by atoms with Crippen molar-refractivity contribution >= 4 is 33.9 Å². The monoisotopic (exact) mass is 416 g/mol. The van der Waals surface area contributed by atoms with Crippen LogP contribution < -0.4 is 9.80 Å². The van der Waals surface area contributed by atoms with Crippen molar-refractivity contribution in [1.29, 1.82) is 0 Å². The van der Waals surface area contributed by atoms with Crippen LogP contribution in [0.15, 0.2) is 97.1 Å². The first-order chi connectivity index (χ1) is 15.8. The number of benzene rings is 4. The quantitative estimate of drug-likeness (QED) is 0.356. The summed E-state index contributed by atoms with van der Waals surface area (Å²) in [6.45, 7) is 0.506. The van der Waals surface area contributed by atoms with Gasteiger partial charge in [0.05, 0.1) is 11.4 Å². The number of hydrogen-bond acceptors (Lipinski definition) is 3. The third-order valence-corrected chi connectivity index (χ3v) is 6.51. The zero-order valence-electron chi connectivity index (χ0n) is 18.2. The van der Waals surface area contributed by atoms with Crippen molar-refractivity contribution in [2.75, 3.05) is 30.7 Å². The molecule has 2 heterocycles. The third kappa shape index (κ3) is 2.65. The second-order valence-corrected chi connectivity index (χ2v) is 8.22. The van der Waals surface area contributed by atoms with Crippen LogP contribution >= 0.6 is 0 Å². The van der Waals surface area contributed by atoms with Crippen molar-refractivity contribution in [1.82, 2.24) is 0 Å². The Morgan fingerprint density at radius 2 is 0.875 bits per heavy atom. The van der Waals surface area contributed by atoms with Crippen LogP contribution in [-0.4, -0.2) is 20.9 Å². The minimum Gasteiger partial charge on any atom is -0.364 e. The van der Waals surface area contributed by atoms with E-state index in [2.05, 4.69) is 114 Å². The number of nitrogens with zero attached hydrogens (tertiary/aromatic N) is 2. The van der Waals surface area contributed by atoms with Gasteiger partial charge >= 0.3 is 0 Å². The van der Waals surface area contributed by atoms with Crippen molar-refractivity contribution in [2.24, 2.45) is 0 Å². The predicted molar refractivity (Wildman–Crippen MR) is 133 cm³/mol. The van der Waals surface area contributed by atoms with Crippen LogP contribution in [0.1, 0.15) is 22.3 Å². The molecule has 0 aromatic heterocycles. The maximum atomic E-state index is 5.61. The fourth-order valence-electron chi connectivity index (χ4n) is 5.15. The summed E-state index contributed by atoms with van der Waals surface area (Å²) in [5, 5.41) is 0. The second-order valence-electron chi connectivity index (χ2n) is 8.22. The smallest absolute Gasteiger partial charge is 0.123 e. The summed E-state index contributed by atoms with van der Waals surface area (Å²) in [6, 6.07) is 34.8. The number of rotatable bonds is 2. The number of anilines is 4. The molecule has 0 unspecified atom stereocenters. The third-order valence-electron chi connectivity index (χ3n) is 6.51. The van der Waals surface area contributed by atoms with Gasteiger partial charge in [-0.1, -0.05) is 72.8 Å². The number of ether oxygens (including phenoxy) is 1. The van der Waals surface area contributed by atoms with E-state index in [0.717, 1.165) is 0 Å². The lowest BCUT2D eigenvalue weighted by atomic mass is 9.80. The Labute approximate surface area is 188 Å². The molecule has 4 aromatic rings. The topological polar surface area (TPSA) is 15.7 Å². The molecule has 0 radical (unpaired) electrons. The second kappa shape index (κ2) is 7.40. The van der Waals surface area contributed by atoms with Gasteiger partial charge in [-0.25, -0.2) is 0 Å². The normalized spacial score (nSPS) is 13.9. The molecule has 4 aromatic carbocycles. The molecule has 3 nitrogen and oxygen atoms in total. The first-order valence-electron chi connectivity index (χ1n) is 10.9. The predicted octanol–water partition coefficient (Wildman–Crippen LogP) is 6.83. The molecule has 2 aliphatic rings. The highest BCUT2D eigenvalue weighted by atomic mass is 16.5. The maximum absolute atomic E-state index is 5.61. The Bertz CT molecular complexity index is 1270. The molecule has 0 N–H and O–H groups in total. The number of para-hydroxylation sites is 4. The molecule has 2 aliphatic heterocycles. The van der Waals surface area contributed by atoms with Crippen LogP contribution in [0.4, 0.5) is 22.7 Å². The lowest BCUT2D eigenvalue weighted by Gasteiger charge is -2.38. The van der Waals surface area contributed by atoms with Gasteiger partial charge in [-0.15, -0.1) is 0 Å². The van der Waals surface area contributed by atoms with Crippen molar-refractivity contribution in [2.45, 2.75) is 0 Å². The average molecular weight is 417 g/mol. The largest absolute Gasteiger partial charge is 0.364 e. The molecule has 3 heteroatoms. The Balaban J connectivity index is 1.77. The Morgan fingerprint density at radius 1 is 0.531 bits per heavy atom. The Hall–Kier alpha value is -3.82. The van der Waals surface area contributed by atoms with E-state index in [9.17, 15) is 0 Å². The summed E-state index contributed by atoms with van der Waals surface area (Å²) < 4.78 is 5.61. The first-order valence-corrected chi connectivity index (χ1v) is 10.9. The van der Waals surface area contributed by atoms with Gasteiger partial charge in [-0.05, 0) is 24.3 Å². The number of methoxy groups -OCH3 is 1. The molecule has 0 atom stereocenters. The number of hydrogen-bond donors (Lipinski definition) is 0. The van der Waals surface area contributed by atoms with Gasteiger partial charge in [0.1, 0.15) is 6.73 Å². The van der Waals surface area contributed by atoms with E-state index in [0.29, 0.717) is 6.73 Å². The molecule has 0 fully saturated rings. The maximum Gasteiger partial charge on any atom is 0.123 e. The first kappa shape index (κ1) is 18.9. The van der Waals surface area contributed by atoms with Crippen molar-refractivity contribution < 1.29 is 4.74 Å². The van der Waals surface area contributed by atoms with E-state index in [1.54, 1.807) is 7.11 Å². The molecule has 0 saturated heterocycles. The molecular weight excluding hydrogens is 392 g/mol. The summed E-state index contributed by atoms with van der Waals surface area (Å²) in [7, 11) is 3.91. The van der Waals surface area contributed by atoms with E-state index in [-0.39, 0.29) is 0 Å². The molecule has 32 heavy (non-hydrogen) atoms. The summed E-state index contributed by atoms with van der Waals surface area (Å²) >= 11 is 0. The molecule has 0 spiro atoms. The van der Waals surface area contributed by atoms with Crippen molar-refractivity contribution in [3.05, 3.63) is 119 Å². The average Bonchev–Trinajstić information content (AvgIpc) is 2.85. The van der Waals surface area contributed by atoms with Gasteiger partial charge in [0.2, 0.25) is 0 Å². The van der Waals surface area contributed by atoms with E-state index in [1.165, 1.54) is 56.1 Å². The lowest BCUT2D eigenvalue weighted by Crippen LogP contribution is -2.26. The van der Waals surface area contributed by atoms with Crippen LogP contribution in [0.25, 0.3) is 11.1 Å². The van der Waals surface area contributed by atoms with E-state index in [1.807, 2.05) is 0 Å². The molecule has 6 rings (SSSR count). The summed E-state index contributed by atoms with van der Waals surface area (Å²) in [5.74, 6) is 0. The van der Waals surface area contributed by atoms with Gasteiger partial charge in [0.25, 0.3) is 0 Å². The highest BCUT2D eigenvalue weighted by Crippen LogP contribution is 2.53.